The molecule has 1 aromatic carbocycles. The Morgan fingerprint density at radius 2 is 1.94 bits per heavy atom. The smallest absolute Gasteiger partial charge is 0.319 e. The lowest BCUT2D eigenvalue weighted by molar-refractivity contribution is -0.113. The number of Topliss-reactive ketones (excluding diaryl/α,β-unsaturated/α-hetero) is 1. The lowest BCUT2D eigenvalue weighted by Gasteiger charge is -2.20. The quantitative estimate of drug-likeness (QED) is 0.782. The predicted molar refractivity (Wildman–Crippen MR) is 60.6 cm³/mol. The van der Waals surface area contributed by atoms with Crippen molar-refractivity contribution in [1.82, 2.24) is 10.6 Å². The average molecular weight is 216 g/mol. The van der Waals surface area contributed by atoms with E-state index in [0.717, 1.165) is 5.56 Å². The molecule has 0 fully saturated rings. The lowest BCUT2D eigenvalue weighted by Crippen LogP contribution is -2.42. The first-order valence-corrected chi connectivity index (χ1v) is 5.03. The van der Waals surface area contributed by atoms with E-state index in [4.69, 9.17) is 0 Å². The van der Waals surface area contributed by atoms with Gasteiger partial charge in [-0.2, -0.15) is 0 Å². The van der Waals surface area contributed by atoms with E-state index >= 15 is 0 Å². The number of carbonyl (C=O) groups is 2. The highest BCUT2D eigenvalue weighted by molar-refractivity contribution is 6.05. The monoisotopic (exact) mass is 216 g/mol. The summed E-state index contributed by atoms with van der Waals surface area (Å²) in [7, 11) is 0. The van der Waals surface area contributed by atoms with Crippen molar-refractivity contribution in [2.45, 2.75) is 6.92 Å². The van der Waals surface area contributed by atoms with Gasteiger partial charge in [-0.25, -0.2) is 4.79 Å². The zero-order valence-corrected chi connectivity index (χ0v) is 8.91. The van der Waals surface area contributed by atoms with Crippen LogP contribution in [0.15, 0.2) is 35.9 Å². The Morgan fingerprint density at radius 1 is 1.25 bits per heavy atom. The minimum absolute atomic E-state index is 0.0358. The summed E-state index contributed by atoms with van der Waals surface area (Å²) in [5.41, 5.74) is 2.06. The molecule has 0 aromatic heterocycles. The number of urea groups is 1. The minimum atomic E-state index is -0.274. The Labute approximate surface area is 93.3 Å². The van der Waals surface area contributed by atoms with Crippen molar-refractivity contribution in [2.24, 2.45) is 0 Å². The number of benzene rings is 1. The highest BCUT2D eigenvalue weighted by Gasteiger charge is 2.20. The van der Waals surface area contributed by atoms with Gasteiger partial charge in [0, 0.05) is 5.57 Å². The van der Waals surface area contributed by atoms with Gasteiger partial charge in [0.1, 0.15) is 0 Å². The first-order valence-electron chi connectivity index (χ1n) is 5.03. The first kappa shape index (κ1) is 10.4. The van der Waals surface area contributed by atoms with Gasteiger partial charge in [0.15, 0.2) is 5.78 Å². The summed E-state index contributed by atoms with van der Waals surface area (Å²) < 4.78 is 0. The van der Waals surface area contributed by atoms with Crippen LogP contribution in [-0.4, -0.2) is 18.4 Å². The molecule has 0 saturated carbocycles. The Kier molecular flexibility index (Phi) is 2.72. The molecule has 1 aromatic rings. The summed E-state index contributed by atoms with van der Waals surface area (Å²) in [5, 5.41) is 5.26. The fraction of sp³-hybridized carbons (Fsp3) is 0.167. The zero-order valence-electron chi connectivity index (χ0n) is 8.91. The molecule has 1 aliphatic heterocycles. The molecule has 0 radical (unpaired) electrons. The maximum atomic E-state index is 11.4. The molecule has 2 amide bonds. The number of hydrogen-bond acceptors (Lipinski definition) is 2. The zero-order chi connectivity index (χ0) is 11.5. The molecule has 0 spiro atoms. The van der Waals surface area contributed by atoms with Crippen molar-refractivity contribution in [1.29, 1.82) is 0 Å². The molecular formula is C12H12N2O2. The number of hydrogen-bond donors (Lipinski definition) is 2. The van der Waals surface area contributed by atoms with Gasteiger partial charge in [-0.3, -0.25) is 4.79 Å². The Hall–Kier alpha value is -2.10. The third-order valence-corrected chi connectivity index (χ3v) is 2.45. The van der Waals surface area contributed by atoms with Crippen LogP contribution in [0.4, 0.5) is 4.79 Å². The first-order chi connectivity index (χ1) is 7.68. The van der Waals surface area contributed by atoms with Gasteiger partial charge in [0.05, 0.1) is 12.2 Å². The number of nitrogens with one attached hydrogen (secondary N) is 2. The molecule has 4 nitrogen and oxygen atoms in total. The topological polar surface area (TPSA) is 58.2 Å². The second kappa shape index (κ2) is 4.18. The highest BCUT2D eigenvalue weighted by atomic mass is 16.2. The van der Waals surface area contributed by atoms with Crippen LogP contribution in [0.25, 0.3) is 5.70 Å². The van der Waals surface area contributed by atoms with Crippen LogP contribution in [0, 0.1) is 0 Å². The number of rotatable bonds is 2. The van der Waals surface area contributed by atoms with E-state index in [2.05, 4.69) is 10.6 Å². The molecule has 0 bridgehead atoms. The van der Waals surface area contributed by atoms with Crippen LogP contribution in [0.2, 0.25) is 0 Å². The SMILES string of the molecule is CC(=O)C1=C(c2ccccc2)NC(=O)NC1. The van der Waals surface area contributed by atoms with E-state index in [9.17, 15) is 9.59 Å². The van der Waals surface area contributed by atoms with Gasteiger partial charge in [0.25, 0.3) is 0 Å². The Balaban J connectivity index is 2.48. The molecule has 4 heteroatoms. The van der Waals surface area contributed by atoms with Gasteiger partial charge >= 0.3 is 6.03 Å². The summed E-state index contributed by atoms with van der Waals surface area (Å²) in [4.78, 5) is 22.7. The third kappa shape index (κ3) is 1.95. The molecule has 1 heterocycles. The molecule has 82 valence electrons. The van der Waals surface area contributed by atoms with Crippen LogP contribution in [0.3, 0.4) is 0 Å². The number of carbonyl (C=O) groups excluding carboxylic acids is 2. The van der Waals surface area contributed by atoms with Crippen molar-refractivity contribution in [2.75, 3.05) is 6.54 Å². The van der Waals surface area contributed by atoms with Gasteiger partial charge in [-0.1, -0.05) is 30.3 Å². The molecular weight excluding hydrogens is 204 g/mol. The van der Waals surface area contributed by atoms with Gasteiger partial charge in [0.2, 0.25) is 0 Å². The maximum absolute atomic E-state index is 11.4. The van der Waals surface area contributed by atoms with Crippen molar-refractivity contribution in [3.05, 3.63) is 41.5 Å². The van der Waals surface area contributed by atoms with Crippen LogP contribution in [0.5, 0.6) is 0 Å². The molecule has 1 aliphatic rings. The van der Waals surface area contributed by atoms with E-state index in [0.29, 0.717) is 11.3 Å². The van der Waals surface area contributed by atoms with E-state index < -0.39 is 0 Å². The Bertz CT molecular complexity index is 463. The molecule has 2 N–H and O–H groups in total. The number of ketones is 1. The van der Waals surface area contributed by atoms with E-state index in [1.807, 2.05) is 30.3 Å². The molecule has 0 saturated heterocycles. The van der Waals surface area contributed by atoms with E-state index in [1.54, 1.807) is 0 Å². The summed E-state index contributed by atoms with van der Waals surface area (Å²) >= 11 is 0. The van der Waals surface area contributed by atoms with E-state index in [1.165, 1.54) is 6.92 Å². The van der Waals surface area contributed by atoms with Crippen LogP contribution in [-0.2, 0) is 4.79 Å². The highest BCUT2D eigenvalue weighted by Crippen LogP contribution is 2.18. The summed E-state index contributed by atoms with van der Waals surface area (Å²) in [6.07, 6.45) is 0. The van der Waals surface area contributed by atoms with Crippen molar-refractivity contribution >= 4 is 17.5 Å². The second-order valence-corrected chi connectivity index (χ2v) is 3.58. The fourth-order valence-electron chi connectivity index (χ4n) is 1.64. The Morgan fingerprint density at radius 3 is 2.56 bits per heavy atom. The van der Waals surface area contributed by atoms with Gasteiger partial charge in [-0.15, -0.1) is 0 Å². The van der Waals surface area contributed by atoms with Crippen molar-refractivity contribution < 1.29 is 9.59 Å². The maximum Gasteiger partial charge on any atom is 0.319 e. The average Bonchev–Trinajstić information content (AvgIpc) is 2.29. The molecule has 16 heavy (non-hydrogen) atoms. The summed E-state index contributed by atoms with van der Waals surface area (Å²) in [6, 6.07) is 9.08. The minimum Gasteiger partial charge on any atom is -0.334 e. The molecule has 0 aliphatic carbocycles. The lowest BCUT2D eigenvalue weighted by atomic mass is 10.0. The van der Waals surface area contributed by atoms with Crippen molar-refractivity contribution in [3.8, 4) is 0 Å². The summed E-state index contributed by atoms with van der Waals surface area (Å²) in [5.74, 6) is -0.0358. The van der Waals surface area contributed by atoms with Crippen LogP contribution < -0.4 is 10.6 Å². The summed E-state index contributed by atoms with van der Waals surface area (Å²) in [6.45, 7) is 1.78. The normalized spacial score (nSPS) is 15.4. The van der Waals surface area contributed by atoms with Crippen LogP contribution in [0.1, 0.15) is 12.5 Å². The van der Waals surface area contributed by atoms with Gasteiger partial charge in [-0.05, 0) is 12.5 Å². The third-order valence-electron chi connectivity index (χ3n) is 2.45. The number of amides is 2. The second-order valence-electron chi connectivity index (χ2n) is 3.58. The molecule has 2 rings (SSSR count). The van der Waals surface area contributed by atoms with Crippen LogP contribution >= 0.6 is 0 Å². The predicted octanol–water partition coefficient (Wildman–Crippen LogP) is 1.30. The standard InChI is InChI=1S/C12H12N2O2/c1-8(15)10-7-13-12(16)14-11(10)9-5-3-2-4-6-9/h2-6H,7H2,1H3,(H2,13,14,16). The fourth-order valence-corrected chi connectivity index (χ4v) is 1.64. The molecule has 0 atom stereocenters. The van der Waals surface area contributed by atoms with E-state index in [-0.39, 0.29) is 18.4 Å². The molecule has 0 unspecified atom stereocenters. The van der Waals surface area contributed by atoms with Crippen molar-refractivity contribution in [3.63, 3.8) is 0 Å². The largest absolute Gasteiger partial charge is 0.334 e. The van der Waals surface area contributed by atoms with Gasteiger partial charge < -0.3 is 10.6 Å².